The van der Waals surface area contributed by atoms with Crippen LogP contribution in [-0.4, -0.2) is 6.54 Å². The molecule has 0 spiro atoms. The molecule has 0 saturated carbocycles. The molecule has 0 saturated heterocycles. The summed E-state index contributed by atoms with van der Waals surface area (Å²) in [6.07, 6.45) is 3.60. The van der Waals surface area contributed by atoms with Crippen LogP contribution < -0.4 is 5.73 Å². The van der Waals surface area contributed by atoms with Gasteiger partial charge in [0.1, 0.15) is 5.58 Å². The average Bonchev–Trinajstić information content (AvgIpc) is 2.92. The topological polar surface area (TPSA) is 52.3 Å². The normalized spacial score (nSPS) is 11.6. The fourth-order valence-electron chi connectivity index (χ4n) is 2.07. The van der Waals surface area contributed by atoms with Crippen molar-refractivity contribution in [3.63, 3.8) is 0 Å². The van der Waals surface area contributed by atoms with Crippen molar-refractivity contribution < 1.29 is 13.2 Å². The Hall–Kier alpha value is -1.81. The lowest BCUT2D eigenvalue weighted by atomic mass is 10.0. The Bertz CT molecular complexity index is 602. The fraction of sp³-hybridized carbons (Fsp3) is 0.167. The molecule has 0 bridgehead atoms. The van der Waals surface area contributed by atoms with Gasteiger partial charge < -0.3 is 14.6 Å². The second-order valence-corrected chi connectivity index (χ2v) is 3.66. The van der Waals surface area contributed by atoms with E-state index in [1.54, 1.807) is 12.1 Å². The van der Waals surface area contributed by atoms with E-state index in [2.05, 4.69) is 0 Å². The molecule has 2 heterocycles. The van der Waals surface area contributed by atoms with E-state index < -0.39 is 0 Å². The van der Waals surface area contributed by atoms with Gasteiger partial charge in [0.15, 0.2) is 11.4 Å². The first kappa shape index (κ1) is 9.42. The number of benzene rings is 1. The van der Waals surface area contributed by atoms with Gasteiger partial charge >= 0.3 is 0 Å². The minimum Gasteiger partial charge on any atom is -0.464 e. The van der Waals surface area contributed by atoms with Crippen LogP contribution in [0.2, 0.25) is 0 Å². The van der Waals surface area contributed by atoms with E-state index in [0.29, 0.717) is 23.9 Å². The Labute approximate surface area is 90.6 Å². The molecule has 0 aliphatic carbocycles. The number of nitrogens with two attached hydrogens (primary N) is 1. The largest absolute Gasteiger partial charge is 0.464 e. The number of fused-ring (bicyclic) bond motifs is 2. The van der Waals surface area contributed by atoms with Crippen LogP contribution in [-0.2, 0) is 6.42 Å². The molecule has 16 heavy (non-hydrogen) atoms. The van der Waals surface area contributed by atoms with E-state index in [0.717, 1.165) is 10.9 Å². The molecule has 0 unspecified atom stereocenters. The fourth-order valence-corrected chi connectivity index (χ4v) is 2.07. The van der Waals surface area contributed by atoms with E-state index in [9.17, 15) is 4.39 Å². The molecule has 0 aliphatic rings. The molecule has 2 N–H and O–H groups in total. The van der Waals surface area contributed by atoms with E-state index in [-0.39, 0.29) is 11.4 Å². The standard InChI is InChI=1S/C12H10FNO2/c13-10-9-3-6-15-11(9)7(1-4-14)8-2-5-16-12(8)10/h2-3,5-6H,1,4,14H2. The van der Waals surface area contributed by atoms with Crippen molar-refractivity contribution in [1.29, 1.82) is 0 Å². The smallest absolute Gasteiger partial charge is 0.177 e. The lowest BCUT2D eigenvalue weighted by Crippen LogP contribution is -2.03. The lowest BCUT2D eigenvalue weighted by molar-refractivity contribution is 0.564. The Kier molecular flexibility index (Phi) is 1.97. The third-order valence-electron chi connectivity index (χ3n) is 2.76. The third kappa shape index (κ3) is 1.10. The summed E-state index contributed by atoms with van der Waals surface area (Å²) < 4.78 is 24.4. The van der Waals surface area contributed by atoms with E-state index in [1.165, 1.54) is 12.5 Å². The highest BCUT2D eigenvalue weighted by molar-refractivity contribution is 5.98. The molecule has 0 aliphatic heterocycles. The van der Waals surface area contributed by atoms with E-state index in [1.807, 2.05) is 0 Å². The van der Waals surface area contributed by atoms with Gasteiger partial charge in [-0.15, -0.1) is 0 Å². The summed E-state index contributed by atoms with van der Waals surface area (Å²) in [5.74, 6) is -0.371. The molecule has 3 nitrogen and oxygen atoms in total. The van der Waals surface area contributed by atoms with Crippen molar-refractivity contribution in [3.8, 4) is 0 Å². The summed E-state index contributed by atoms with van der Waals surface area (Å²) in [5.41, 5.74) is 7.30. The van der Waals surface area contributed by atoms with E-state index >= 15 is 0 Å². The Morgan fingerprint density at radius 1 is 1.06 bits per heavy atom. The molecule has 0 radical (unpaired) electrons. The minimum atomic E-state index is -0.371. The highest BCUT2D eigenvalue weighted by Crippen LogP contribution is 2.33. The predicted octanol–water partition coefficient (Wildman–Crippen LogP) is 2.82. The molecule has 3 rings (SSSR count). The van der Waals surface area contributed by atoms with Crippen molar-refractivity contribution in [2.24, 2.45) is 5.73 Å². The molecule has 0 atom stereocenters. The van der Waals surface area contributed by atoms with Crippen LogP contribution >= 0.6 is 0 Å². The number of hydrogen-bond donors (Lipinski definition) is 1. The van der Waals surface area contributed by atoms with Gasteiger partial charge in [-0.1, -0.05) is 0 Å². The third-order valence-corrected chi connectivity index (χ3v) is 2.76. The van der Waals surface area contributed by atoms with Crippen molar-refractivity contribution in [2.45, 2.75) is 6.42 Å². The molecule has 0 amide bonds. The number of hydrogen-bond acceptors (Lipinski definition) is 3. The zero-order valence-corrected chi connectivity index (χ0v) is 8.50. The van der Waals surface area contributed by atoms with Gasteiger partial charge in [0.05, 0.1) is 17.9 Å². The minimum absolute atomic E-state index is 0.275. The van der Waals surface area contributed by atoms with Gasteiger partial charge in [-0.2, -0.15) is 0 Å². The summed E-state index contributed by atoms with van der Waals surface area (Å²) >= 11 is 0. The highest BCUT2D eigenvalue weighted by Gasteiger charge is 2.17. The lowest BCUT2D eigenvalue weighted by Gasteiger charge is -2.03. The Balaban J connectivity index is 2.51. The maximum absolute atomic E-state index is 14.0. The van der Waals surface area contributed by atoms with Crippen LogP contribution in [0.1, 0.15) is 5.56 Å². The van der Waals surface area contributed by atoms with Gasteiger partial charge in [0.25, 0.3) is 0 Å². The summed E-state index contributed by atoms with van der Waals surface area (Å²) in [5, 5.41) is 1.19. The first-order chi connectivity index (χ1) is 7.83. The summed E-state index contributed by atoms with van der Waals surface area (Å²) in [4.78, 5) is 0. The summed E-state index contributed by atoms with van der Waals surface area (Å²) in [6, 6.07) is 3.35. The summed E-state index contributed by atoms with van der Waals surface area (Å²) in [6.45, 7) is 0.488. The maximum Gasteiger partial charge on any atom is 0.177 e. The van der Waals surface area contributed by atoms with Crippen LogP contribution in [0.4, 0.5) is 4.39 Å². The van der Waals surface area contributed by atoms with Crippen LogP contribution in [0.15, 0.2) is 33.5 Å². The molecule has 82 valence electrons. The van der Waals surface area contributed by atoms with E-state index in [4.69, 9.17) is 14.6 Å². The van der Waals surface area contributed by atoms with Crippen molar-refractivity contribution in [3.05, 3.63) is 36.0 Å². The van der Waals surface area contributed by atoms with Gasteiger partial charge in [-0.05, 0) is 25.1 Å². The van der Waals surface area contributed by atoms with Crippen LogP contribution in [0.5, 0.6) is 0 Å². The van der Waals surface area contributed by atoms with Crippen molar-refractivity contribution in [1.82, 2.24) is 0 Å². The monoisotopic (exact) mass is 219 g/mol. The highest BCUT2D eigenvalue weighted by atomic mass is 19.1. The molecule has 1 aromatic carbocycles. The molecule has 0 fully saturated rings. The zero-order valence-electron chi connectivity index (χ0n) is 8.50. The van der Waals surface area contributed by atoms with Gasteiger partial charge in [-0.25, -0.2) is 4.39 Å². The number of halogens is 1. The van der Waals surface area contributed by atoms with Crippen molar-refractivity contribution >= 4 is 21.9 Å². The molecular weight excluding hydrogens is 209 g/mol. The van der Waals surface area contributed by atoms with Crippen LogP contribution in [0, 0.1) is 5.82 Å². The van der Waals surface area contributed by atoms with Gasteiger partial charge in [0, 0.05) is 10.9 Å². The predicted molar refractivity (Wildman–Crippen MR) is 58.7 cm³/mol. The molecular formula is C12H10FNO2. The molecule has 3 aromatic rings. The molecule has 2 aromatic heterocycles. The quantitative estimate of drug-likeness (QED) is 0.721. The maximum atomic E-state index is 14.0. The summed E-state index contributed by atoms with van der Waals surface area (Å²) in [7, 11) is 0. The molecule has 4 heteroatoms. The second-order valence-electron chi connectivity index (χ2n) is 3.66. The number of furan rings is 2. The van der Waals surface area contributed by atoms with Crippen molar-refractivity contribution in [2.75, 3.05) is 6.54 Å². The number of rotatable bonds is 2. The Morgan fingerprint density at radius 2 is 1.75 bits per heavy atom. The zero-order chi connectivity index (χ0) is 11.1. The second kappa shape index (κ2) is 3.35. The SMILES string of the molecule is NCCc1c2ccoc2c(F)c2ccoc12. The van der Waals surface area contributed by atoms with Gasteiger partial charge in [0.2, 0.25) is 0 Å². The first-order valence-electron chi connectivity index (χ1n) is 5.07. The van der Waals surface area contributed by atoms with Crippen LogP contribution in [0.3, 0.4) is 0 Å². The van der Waals surface area contributed by atoms with Gasteiger partial charge in [-0.3, -0.25) is 0 Å². The first-order valence-corrected chi connectivity index (χ1v) is 5.07. The Morgan fingerprint density at radius 3 is 2.50 bits per heavy atom. The van der Waals surface area contributed by atoms with Crippen LogP contribution in [0.25, 0.3) is 21.9 Å². The average molecular weight is 219 g/mol.